The Kier molecular flexibility index (Phi) is 4.26. The summed E-state index contributed by atoms with van der Waals surface area (Å²) in [5, 5.41) is 20.5. The zero-order chi connectivity index (χ0) is 18.2. The van der Waals surface area contributed by atoms with Gasteiger partial charge in [-0.3, -0.25) is 0 Å². The third-order valence-corrected chi connectivity index (χ3v) is 6.08. The second-order valence-corrected chi connectivity index (χ2v) is 7.88. The van der Waals surface area contributed by atoms with Crippen LogP contribution in [-0.4, -0.2) is 38.1 Å². The van der Waals surface area contributed by atoms with Crippen LogP contribution < -0.4 is 4.90 Å². The topological polar surface area (TPSA) is 59.7 Å². The van der Waals surface area contributed by atoms with Crippen molar-refractivity contribution in [1.82, 2.24) is 25.0 Å². The molecule has 1 unspecified atom stereocenters. The molecule has 0 bridgehead atoms. The summed E-state index contributed by atoms with van der Waals surface area (Å²) in [5.41, 5.74) is 0.991. The van der Waals surface area contributed by atoms with E-state index in [1.807, 2.05) is 6.92 Å². The van der Waals surface area contributed by atoms with Gasteiger partial charge in [0, 0.05) is 42.7 Å². The zero-order valence-corrected chi connectivity index (χ0v) is 15.9. The molecule has 5 rings (SSSR count). The number of rotatable bonds is 2. The number of hydrogen-bond acceptors (Lipinski definition) is 5. The Bertz CT molecular complexity index is 962. The van der Waals surface area contributed by atoms with Gasteiger partial charge in [0.25, 0.3) is 0 Å². The standard InChI is InChI=1S/C21H26N6/c1-15-17-9-4-5-10-18(17)21(25-22-15)26-12-7-8-16(14-26)20-24-23-19-11-3-2-6-13-27(19)20/h4-5,9-10,16H,2-3,6-8,11-14H2,1H3. The van der Waals surface area contributed by atoms with E-state index in [0.29, 0.717) is 5.92 Å². The summed E-state index contributed by atoms with van der Waals surface area (Å²) >= 11 is 0. The molecule has 3 aromatic rings. The second kappa shape index (κ2) is 6.91. The highest BCUT2D eigenvalue weighted by Gasteiger charge is 2.29. The predicted octanol–water partition coefficient (Wildman–Crippen LogP) is 3.64. The fourth-order valence-corrected chi connectivity index (χ4v) is 4.65. The quantitative estimate of drug-likeness (QED) is 0.696. The average Bonchev–Trinajstić information content (AvgIpc) is 2.97. The van der Waals surface area contributed by atoms with Gasteiger partial charge in [-0.15, -0.1) is 15.3 Å². The minimum absolute atomic E-state index is 0.417. The molecule has 2 aliphatic heterocycles. The molecule has 6 heteroatoms. The van der Waals surface area contributed by atoms with Gasteiger partial charge in [-0.05, 0) is 32.6 Å². The van der Waals surface area contributed by atoms with Gasteiger partial charge in [-0.2, -0.15) is 5.10 Å². The summed E-state index contributed by atoms with van der Waals surface area (Å²) < 4.78 is 2.40. The molecule has 0 aliphatic carbocycles. The van der Waals surface area contributed by atoms with Gasteiger partial charge in [0.05, 0.1) is 5.69 Å². The molecule has 0 radical (unpaired) electrons. The third-order valence-electron chi connectivity index (χ3n) is 6.08. The van der Waals surface area contributed by atoms with Gasteiger partial charge in [0.15, 0.2) is 5.82 Å². The molecule has 0 N–H and O–H groups in total. The maximum Gasteiger partial charge on any atom is 0.159 e. The molecule has 0 spiro atoms. The molecule has 27 heavy (non-hydrogen) atoms. The maximum atomic E-state index is 4.62. The number of fused-ring (bicyclic) bond motifs is 2. The van der Waals surface area contributed by atoms with Crippen LogP contribution >= 0.6 is 0 Å². The Morgan fingerprint density at radius 3 is 2.70 bits per heavy atom. The summed E-state index contributed by atoms with van der Waals surface area (Å²) in [6.45, 7) is 5.07. The fraction of sp³-hybridized carbons (Fsp3) is 0.524. The summed E-state index contributed by atoms with van der Waals surface area (Å²) in [5.74, 6) is 3.79. The lowest BCUT2D eigenvalue weighted by Gasteiger charge is -2.33. The Labute approximate surface area is 159 Å². The molecular weight excluding hydrogens is 336 g/mol. The van der Waals surface area contributed by atoms with E-state index in [9.17, 15) is 0 Å². The van der Waals surface area contributed by atoms with Crippen molar-refractivity contribution in [2.24, 2.45) is 0 Å². The van der Waals surface area contributed by atoms with Crippen LogP contribution in [0.1, 0.15) is 55.4 Å². The largest absolute Gasteiger partial charge is 0.354 e. The Balaban J connectivity index is 1.47. The first-order chi connectivity index (χ1) is 13.3. The monoisotopic (exact) mass is 362 g/mol. The Morgan fingerprint density at radius 1 is 0.889 bits per heavy atom. The van der Waals surface area contributed by atoms with Gasteiger partial charge < -0.3 is 9.47 Å². The number of aryl methyl sites for hydroxylation is 2. The minimum Gasteiger partial charge on any atom is -0.354 e. The lowest BCUT2D eigenvalue weighted by atomic mass is 9.96. The van der Waals surface area contributed by atoms with Gasteiger partial charge in [-0.25, -0.2) is 0 Å². The van der Waals surface area contributed by atoms with Crippen LogP contribution in [0.15, 0.2) is 24.3 Å². The molecule has 1 fully saturated rings. The number of benzene rings is 1. The molecule has 140 valence electrons. The molecule has 6 nitrogen and oxygen atoms in total. The van der Waals surface area contributed by atoms with Crippen molar-refractivity contribution >= 4 is 16.6 Å². The molecule has 1 aromatic carbocycles. The first-order valence-electron chi connectivity index (χ1n) is 10.2. The summed E-state index contributed by atoms with van der Waals surface area (Å²) in [6.07, 6.45) is 7.16. The van der Waals surface area contributed by atoms with E-state index < -0.39 is 0 Å². The molecule has 1 saturated heterocycles. The Morgan fingerprint density at radius 2 is 1.78 bits per heavy atom. The van der Waals surface area contributed by atoms with Crippen molar-refractivity contribution in [1.29, 1.82) is 0 Å². The summed E-state index contributed by atoms with van der Waals surface area (Å²) in [6, 6.07) is 8.47. The minimum atomic E-state index is 0.417. The van der Waals surface area contributed by atoms with Gasteiger partial charge in [0.1, 0.15) is 11.6 Å². The summed E-state index contributed by atoms with van der Waals surface area (Å²) in [4.78, 5) is 2.40. The zero-order valence-electron chi connectivity index (χ0n) is 15.9. The molecule has 2 aromatic heterocycles. The smallest absolute Gasteiger partial charge is 0.159 e. The number of nitrogens with zero attached hydrogens (tertiary/aromatic N) is 6. The highest BCUT2D eigenvalue weighted by atomic mass is 15.3. The Hall–Kier alpha value is -2.50. The fourth-order valence-electron chi connectivity index (χ4n) is 4.65. The normalized spacial score (nSPS) is 20.5. The van der Waals surface area contributed by atoms with Crippen molar-refractivity contribution in [2.75, 3.05) is 18.0 Å². The molecule has 1 atom stereocenters. The van der Waals surface area contributed by atoms with E-state index in [-0.39, 0.29) is 0 Å². The van der Waals surface area contributed by atoms with Crippen LogP contribution in [0.5, 0.6) is 0 Å². The number of anilines is 1. The molecule has 2 aliphatic rings. The van der Waals surface area contributed by atoms with Crippen molar-refractivity contribution < 1.29 is 0 Å². The van der Waals surface area contributed by atoms with Crippen LogP contribution in [0.3, 0.4) is 0 Å². The van der Waals surface area contributed by atoms with Crippen molar-refractivity contribution in [2.45, 2.75) is 57.9 Å². The van der Waals surface area contributed by atoms with E-state index >= 15 is 0 Å². The van der Waals surface area contributed by atoms with Crippen LogP contribution in [0.2, 0.25) is 0 Å². The van der Waals surface area contributed by atoms with E-state index in [0.717, 1.165) is 44.0 Å². The van der Waals surface area contributed by atoms with E-state index in [1.54, 1.807) is 0 Å². The predicted molar refractivity (Wildman–Crippen MR) is 106 cm³/mol. The van der Waals surface area contributed by atoms with Crippen molar-refractivity contribution in [3.05, 3.63) is 41.6 Å². The van der Waals surface area contributed by atoms with Crippen LogP contribution in [0.25, 0.3) is 10.8 Å². The lowest BCUT2D eigenvalue weighted by Crippen LogP contribution is -2.36. The summed E-state index contributed by atoms with van der Waals surface area (Å²) in [7, 11) is 0. The van der Waals surface area contributed by atoms with Crippen molar-refractivity contribution in [3.63, 3.8) is 0 Å². The first kappa shape index (κ1) is 16.7. The highest BCUT2D eigenvalue weighted by Crippen LogP contribution is 2.33. The van der Waals surface area contributed by atoms with E-state index in [4.69, 9.17) is 0 Å². The SMILES string of the molecule is Cc1nnc(N2CCCC(c3nnc4n3CCCCC4)C2)c2ccccc12. The number of piperidine rings is 1. The molecular formula is C21H26N6. The van der Waals surface area contributed by atoms with Crippen molar-refractivity contribution in [3.8, 4) is 0 Å². The van der Waals surface area contributed by atoms with Gasteiger partial charge in [-0.1, -0.05) is 30.7 Å². The van der Waals surface area contributed by atoms with Crippen LogP contribution in [0.4, 0.5) is 5.82 Å². The van der Waals surface area contributed by atoms with Crippen LogP contribution in [0, 0.1) is 6.92 Å². The van der Waals surface area contributed by atoms with Crippen LogP contribution in [-0.2, 0) is 13.0 Å². The van der Waals surface area contributed by atoms with Gasteiger partial charge >= 0.3 is 0 Å². The second-order valence-electron chi connectivity index (χ2n) is 7.88. The molecule has 4 heterocycles. The lowest BCUT2D eigenvalue weighted by molar-refractivity contribution is 0.463. The number of hydrogen-bond donors (Lipinski definition) is 0. The molecule has 0 saturated carbocycles. The average molecular weight is 362 g/mol. The maximum absolute atomic E-state index is 4.62. The number of aromatic nitrogens is 5. The molecule has 0 amide bonds. The van der Waals surface area contributed by atoms with Gasteiger partial charge in [0.2, 0.25) is 0 Å². The van der Waals surface area contributed by atoms with E-state index in [2.05, 4.69) is 54.1 Å². The third kappa shape index (κ3) is 2.97. The van der Waals surface area contributed by atoms with E-state index in [1.165, 1.54) is 48.1 Å². The highest BCUT2D eigenvalue weighted by molar-refractivity contribution is 5.93. The first-order valence-corrected chi connectivity index (χ1v) is 10.2.